The van der Waals surface area contributed by atoms with Gasteiger partial charge >= 0.3 is 0 Å². The largest absolute Gasteiger partial charge is 0.296 e. The third kappa shape index (κ3) is 4.55. The van der Waals surface area contributed by atoms with Gasteiger partial charge in [-0.3, -0.25) is 15.0 Å². The van der Waals surface area contributed by atoms with Crippen molar-refractivity contribution < 1.29 is 13.3 Å². The van der Waals surface area contributed by atoms with E-state index in [4.69, 9.17) is 0 Å². The molecule has 0 aromatic heterocycles. The Balaban J connectivity index is 1.65. The maximum absolute atomic E-state index is 12.9. The molecular weight excluding hydrogens is 434 g/mol. The molecule has 2 aromatic rings. The van der Waals surface area contributed by atoms with Crippen LogP contribution < -0.4 is 0 Å². The van der Waals surface area contributed by atoms with Crippen LogP contribution >= 0.6 is 15.9 Å². The highest BCUT2D eigenvalue weighted by Gasteiger charge is 2.28. The Morgan fingerprint density at radius 3 is 2.44 bits per heavy atom. The highest BCUT2D eigenvalue weighted by Crippen LogP contribution is 2.24. The Labute approximate surface area is 166 Å². The van der Waals surface area contributed by atoms with Crippen molar-refractivity contribution in [2.75, 3.05) is 26.2 Å². The standard InChI is InChI=1S/C18H20BrN3O4S/c1-14-11-17(5-6-18(14)19)27(25,26)21-9-7-20(8-10-21)13-15-3-2-4-16(12-15)22(23)24/h2-6,11-12H,7-10,13H2,1H3. The predicted octanol–water partition coefficient (Wildman–Crippen LogP) is 3.17. The Morgan fingerprint density at radius 1 is 1.11 bits per heavy atom. The minimum absolute atomic E-state index is 0.0688. The van der Waals surface area contributed by atoms with Crippen LogP contribution in [0.4, 0.5) is 5.69 Å². The lowest BCUT2D eigenvalue weighted by Crippen LogP contribution is -2.48. The van der Waals surface area contributed by atoms with E-state index in [2.05, 4.69) is 20.8 Å². The Bertz CT molecular complexity index is 957. The number of nitrogens with zero attached hydrogens (tertiary/aromatic N) is 3. The molecule has 9 heteroatoms. The van der Waals surface area contributed by atoms with Crippen LogP contribution in [-0.4, -0.2) is 48.7 Å². The second-order valence-electron chi connectivity index (χ2n) is 6.52. The van der Waals surface area contributed by atoms with Gasteiger partial charge < -0.3 is 0 Å². The van der Waals surface area contributed by atoms with E-state index in [1.165, 1.54) is 10.4 Å². The zero-order valence-corrected chi connectivity index (χ0v) is 17.2. The van der Waals surface area contributed by atoms with Gasteiger partial charge in [-0.15, -0.1) is 0 Å². The Kier molecular flexibility index (Phi) is 5.95. The third-order valence-corrected chi connectivity index (χ3v) is 7.41. The SMILES string of the molecule is Cc1cc(S(=O)(=O)N2CCN(Cc3cccc([N+](=O)[O-])c3)CC2)ccc1Br. The Hall–Kier alpha value is -1.81. The monoisotopic (exact) mass is 453 g/mol. The van der Waals surface area contributed by atoms with E-state index in [9.17, 15) is 18.5 Å². The fourth-order valence-corrected chi connectivity index (χ4v) is 4.84. The van der Waals surface area contributed by atoms with Crippen LogP contribution in [0.5, 0.6) is 0 Å². The van der Waals surface area contributed by atoms with Gasteiger partial charge in [0.15, 0.2) is 0 Å². The fourth-order valence-electron chi connectivity index (χ4n) is 3.08. The average Bonchev–Trinajstić information content (AvgIpc) is 2.64. The van der Waals surface area contributed by atoms with Gasteiger partial charge in [0.2, 0.25) is 10.0 Å². The van der Waals surface area contributed by atoms with Gasteiger partial charge in [0.1, 0.15) is 0 Å². The summed E-state index contributed by atoms with van der Waals surface area (Å²) in [7, 11) is -3.52. The summed E-state index contributed by atoms with van der Waals surface area (Å²) in [4.78, 5) is 12.9. The summed E-state index contributed by atoms with van der Waals surface area (Å²) in [5, 5.41) is 10.9. The van der Waals surface area contributed by atoms with Gasteiger partial charge in [-0.1, -0.05) is 28.1 Å². The number of aryl methyl sites for hydroxylation is 1. The van der Waals surface area contributed by atoms with Crippen molar-refractivity contribution in [1.82, 2.24) is 9.21 Å². The normalized spacial score (nSPS) is 16.4. The molecule has 1 aliphatic rings. The molecular formula is C18H20BrN3O4S. The van der Waals surface area contributed by atoms with E-state index in [0.29, 0.717) is 37.6 Å². The first-order valence-electron chi connectivity index (χ1n) is 8.49. The zero-order valence-electron chi connectivity index (χ0n) is 14.8. The first kappa shape index (κ1) is 19.9. The maximum atomic E-state index is 12.9. The number of nitro benzene ring substituents is 1. The van der Waals surface area contributed by atoms with E-state index in [0.717, 1.165) is 15.6 Å². The zero-order chi connectivity index (χ0) is 19.6. The summed E-state index contributed by atoms with van der Waals surface area (Å²) in [5.41, 5.74) is 1.80. The molecule has 0 spiro atoms. The molecule has 1 heterocycles. The van der Waals surface area contributed by atoms with Crippen LogP contribution in [0.1, 0.15) is 11.1 Å². The third-order valence-electron chi connectivity index (χ3n) is 4.63. The van der Waals surface area contributed by atoms with Crippen molar-refractivity contribution in [1.29, 1.82) is 0 Å². The molecule has 0 bridgehead atoms. The van der Waals surface area contributed by atoms with Crippen LogP contribution in [0, 0.1) is 17.0 Å². The van der Waals surface area contributed by atoms with Crippen LogP contribution in [0.15, 0.2) is 51.8 Å². The molecule has 2 aromatic carbocycles. The van der Waals surface area contributed by atoms with Crippen LogP contribution in [0.2, 0.25) is 0 Å². The van der Waals surface area contributed by atoms with Crippen molar-refractivity contribution in [3.05, 3.63) is 68.2 Å². The molecule has 0 radical (unpaired) electrons. The quantitative estimate of drug-likeness (QED) is 0.512. The fraction of sp³-hybridized carbons (Fsp3) is 0.333. The van der Waals surface area contributed by atoms with Crippen molar-refractivity contribution in [3.8, 4) is 0 Å². The topological polar surface area (TPSA) is 83.8 Å². The number of hydrogen-bond donors (Lipinski definition) is 0. The summed E-state index contributed by atoms with van der Waals surface area (Å²) in [6.45, 7) is 4.38. The lowest BCUT2D eigenvalue weighted by molar-refractivity contribution is -0.384. The van der Waals surface area contributed by atoms with Gasteiger partial charge in [-0.25, -0.2) is 8.42 Å². The van der Waals surface area contributed by atoms with Gasteiger partial charge in [0, 0.05) is 49.3 Å². The maximum Gasteiger partial charge on any atom is 0.269 e. The number of sulfonamides is 1. The van der Waals surface area contributed by atoms with Crippen LogP contribution in [0.3, 0.4) is 0 Å². The van der Waals surface area contributed by atoms with Crippen molar-refractivity contribution >= 4 is 31.6 Å². The molecule has 7 nitrogen and oxygen atoms in total. The number of rotatable bonds is 5. The van der Waals surface area contributed by atoms with E-state index in [1.807, 2.05) is 13.0 Å². The van der Waals surface area contributed by atoms with Crippen molar-refractivity contribution in [3.63, 3.8) is 0 Å². The lowest BCUT2D eigenvalue weighted by Gasteiger charge is -2.34. The molecule has 0 saturated carbocycles. The lowest BCUT2D eigenvalue weighted by atomic mass is 10.2. The number of benzene rings is 2. The van der Waals surface area contributed by atoms with Crippen molar-refractivity contribution in [2.45, 2.75) is 18.4 Å². The summed E-state index contributed by atoms with van der Waals surface area (Å²) in [5.74, 6) is 0. The van der Waals surface area contributed by atoms with Gasteiger partial charge in [0.05, 0.1) is 9.82 Å². The number of hydrogen-bond acceptors (Lipinski definition) is 5. The number of halogens is 1. The summed E-state index contributed by atoms with van der Waals surface area (Å²) < 4.78 is 28.1. The predicted molar refractivity (Wildman–Crippen MR) is 106 cm³/mol. The highest BCUT2D eigenvalue weighted by atomic mass is 79.9. The summed E-state index contributed by atoms with van der Waals surface area (Å²) in [6, 6.07) is 11.6. The molecule has 0 atom stereocenters. The second kappa shape index (κ2) is 8.05. The van der Waals surface area contributed by atoms with E-state index in [-0.39, 0.29) is 5.69 Å². The van der Waals surface area contributed by atoms with Crippen LogP contribution in [0.25, 0.3) is 0 Å². The molecule has 144 valence electrons. The molecule has 0 aliphatic carbocycles. The minimum atomic E-state index is -3.52. The van der Waals surface area contributed by atoms with Gasteiger partial charge in [-0.2, -0.15) is 4.31 Å². The molecule has 0 unspecified atom stereocenters. The molecule has 1 saturated heterocycles. The molecule has 3 rings (SSSR count). The second-order valence-corrected chi connectivity index (χ2v) is 9.31. The van der Waals surface area contributed by atoms with E-state index in [1.54, 1.807) is 30.3 Å². The smallest absolute Gasteiger partial charge is 0.269 e. The number of non-ortho nitro benzene ring substituents is 1. The van der Waals surface area contributed by atoms with Crippen LogP contribution in [-0.2, 0) is 16.6 Å². The first-order valence-corrected chi connectivity index (χ1v) is 10.7. The average molecular weight is 454 g/mol. The van der Waals surface area contributed by atoms with E-state index >= 15 is 0 Å². The Morgan fingerprint density at radius 2 is 1.81 bits per heavy atom. The number of nitro groups is 1. The van der Waals surface area contributed by atoms with Crippen molar-refractivity contribution in [2.24, 2.45) is 0 Å². The molecule has 1 aliphatic heterocycles. The minimum Gasteiger partial charge on any atom is -0.296 e. The molecule has 1 fully saturated rings. The number of piperazine rings is 1. The highest BCUT2D eigenvalue weighted by molar-refractivity contribution is 9.10. The molecule has 0 N–H and O–H groups in total. The molecule has 27 heavy (non-hydrogen) atoms. The first-order chi connectivity index (χ1) is 12.8. The van der Waals surface area contributed by atoms with Gasteiger partial charge in [-0.05, 0) is 36.2 Å². The summed E-state index contributed by atoms with van der Waals surface area (Å²) in [6.07, 6.45) is 0. The molecule has 0 amide bonds. The summed E-state index contributed by atoms with van der Waals surface area (Å²) >= 11 is 3.39. The van der Waals surface area contributed by atoms with E-state index < -0.39 is 14.9 Å². The van der Waals surface area contributed by atoms with Gasteiger partial charge in [0.25, 0.3) is 5.69 Å².